The Morgan fingerprint density at radius 3 is 1.03 bits per heavy atom. The van der Waals surface area contributed by atoms with Crippen molar-refractivity contribution in [2.24, 2.45) is 0 Å². The molecule has 14 atom stereocenters. The first-order valence-electron chi connectivity index (χ1n) is 24.3. The van der Waals surface area contributed by atoms with E-state index in [-0.39, 0.29) is 93.4 Å². The lowest BCUT2D eigenvalue weighted by molar-refractivity contribution is -0.954. The maximum Gasteiger partial charge on any atom is 0.523 e. The minimum absolute atomic E-state index is 0.0534. The van der Waals surface area contributed by atoms with Gasteiger partial charge < -0.3 is 5.11 Å². The first-order valence-corrected chi connectivity index (χ1v) is 24.3. The maximum absolute atomic E-state index is 16.3. The van der Waals surface area contributed by atoms with Crippen LogP contribution in [0.4, 0.5) is 47.9 Å². The highest BCUT2D eigenvalue weighted by Gasteiger charge is 2.84. The van der Waals surface area contributed by atoms with Gasteiger partial charge in [-0.05, 0) is 0 Å². The van der Waals surface area contributed by atoms with E-state index in [1.165, 1.54) is 44.1 Å². The molecular formula is C37H44N24O11+2. The Kier molecular flexibility index (Phi) is 6.00. The topological polar surface area (TPSA) is 271 Å². The first kappa shape index (κ1) is 38.5. The van der Waals surface area contributed by atoms with Crippen molar-refractivity contribution in [2.75, 3.05) is 100 Å². The van der Waals surface area contributed by atoms with Gasteiger partial charge in [0.1, 0.15) is 64.7 Å². The molecule has 0 aromatic heterocycles. The summed E-state index contributed by atoms with van der Waals surface area (Å²) < 4.78 is -1.23. The minimum atomic E-state index is -1.17. The molecule has 18 aliphatic rings. The normalized spacial score (nSPS) is 45.2. The van der Waals surface area contributed by atoms with Gasteiger partial charge in [-0.25, -0.2) is 67.7 Å². The Labute approximate surface area is 404 Å². The van der Waals surface area contributed by atoms with Gasteiger partial charge >= 0.3 is 60.3 Å². The second-order valence-electron chi connectivity index (χ2n) is 22.5. The van der Waals surface area contributed by atoms with E-state index >= 15 is 43.2 Å². The number of aliphatic hydroxyl groups excluding tert-OH is 1. The molecule has 376 valence electrons. The summed E-state index contributed by atoms with van der Waals surface area (Å²) in [6, 6.07) is -5.21. The van der Waals surface area contributed by atoms with Crippen LogP contribution in [0.3, 0.4) is 0 Å². The van der Waals surface area contributed by atoms with Crippen molar-refractivity contribution < 1.29 is 62.0 Å². The molecule has 0 aromatic carbocycles. The Hall–Kier alpha value is -7.18. The molecule has 0 aromatic rings. The summed E-state index contributed by atoms with van der Waals surface area (Å²) in [6.07, 6.45) is -10.9. The zero-order chi connectivity index (χ0) is 48.1. The third-order valence-corrected chi connectivity index (χ3v) is 19.9. The molecule has 0 bridgehead atoms. The van der Waals surface area contributed by atoms with Crippen LogP contribution in [0.2, 0.25) is 0 Å². The van der Waals surface area contributed by atoms with Crippen molar-refractivity contribution in [3.05, 3.63) is 0 Å². The number of carbonyl (C=O) groups excluding carboxylic acids is 10. The number of hydrogen-bond acceptors (Lipinski definition) is 15. The second-order valence-corrected chi connectivity index (χ2v) is 22.5. The second kappa shape index (κ2) is 11.2. The van der Waals surface area contributed by atoms with Crippen LogP contribution < -0.4 is 5.32 Å². The highest BCUT2D eigenvalue weighted by Crippen LogP contribution is 2.54. The average Bonchev–Trinajstić information content (AvgIpc) is 4.27. The van der Waals surface area contributed by atoms with Crippen LogP contribution in [0.1, 0.15) is 0 Å². The molecule has 2 N–H and O–H groups in total. The van der Waals surface area contributed by atoms with E-state index in [0.717, 1.165) is 4.90 Å². The molecule has 72 heavy (non-hydrogen) atoms. The van der Waals surface area contributed by atoms with Crippen LogP contribution in [-0.4, -0.2) is 351 Å². The predicted octanol–water partition coefficient (Wildman–Crippen LogP) is -6.72. The number of hydrogen-bond donors (Lipinski definition) is 2. The lowest BCUT2D eigenvalue weighted by Crippen LogP contribution is -2.77. The van der Waals surface area contributed by atoms with Gasteiger partial charge in [-0.3, -0.25) is 83.7 Å². The lowest BCUT2D eigenvalue weighted by atomic mass is 10.2. The molecule has 20 amide bonds. The number of amides is 20. The quantitative estimate of drug-likeness (QED) is 0.231. The zero-order valence-corrected chi connectivity index (χ0v) is 37.9. The van der Waals surface area contributed by atoms with Crippen molar-refractivity contribution in [1.29, 1.82) is 0 Å². The monoisotopic (exact) mass is 1000 g/mol. The number of carbonyl (C=O) groups is 10. The van der Waals surface area contributed by atoms with E-state index < -0.39 is 150 Å². The number of fused-ring (bicyclic) bond motifs is 3. The van der Waals surface area contributed by atoms with Crippen molar-refractivity contribution in [3.8, 4) is 0 Å². The van der Waals surface area contributed by atoms with Gasteiger partial charge in [0.25, 0.3) is 12.3 Å². The molecular weight excluding hydrogens is 957 g/mol. The first-order chi connectivity index (χ1) is 34.7. The van der Waals surface area contributed by atoms with E-state index in [9.17, 15) is 9.90 Å². The smallest absolute Gasteiger partial charge is 0.376 e. The molecule has 18 heterocycles. The predicted molar refractivity (Wildman–Crippen MR) is 217 cm³/mol. The third-order valence-electron chi connectivity index (χ3n) is 19.9. The summed E-state index contributed by atoms with van der Waals surface area (Å²) >= 11 is 0. The van der Waals surface area contributed by atoms with E-state index in [1.54, 1.807) is 34.3 Å². The maximum atomic E-state index is 16.3. The summed E-state index contributed by atoms with van der Waals surface area (Å²) in [5.74, 6) is 0. The number of nitrogens with one attached hydrogen (secondary N) is 1. The number of urea groups is 10. The standard InChI is InChI=1S/C37H43N24O11/c62-15-59-27-16(38-28(59)63)60-11-42-2-41-5-44-22-24-52(30(44)65)9-51-23-21-43(29(51)64)3-39-1-40-4-45-25-26-57(34(45)69)13-61(27,37(60)72)14-58(26)36(71)55(25)7-47-18(40)17(39)46(31(47)66)6-49(21)32(67)53(23)10-54(24)33(68)50(22)8-48-19(41)20(42)56(12-60)35(48)70/h16-27,62H,1-15H2/q+1/p+1/t16?,17?,18?,19?,20?,21?,22?,23?,24?,25?,26?,27?,60-,61+/m1/s1. The van der Waals surface area contributed by atoms with E-state index in [4.69, 9.17) is 0 Å². The van der Waals surface area contributed by atoms with Gasteiger partial charge in [-0.15, -0.1) is 4.48 Å². The zero-order valence-electron chi connectivity index (χ0n) is 37.9. The Morgan fingerprint density at radius 1 is 0.347 bits per heavy atom. The number of rotatable bonds is 1. The molecule has 12 unspecified atom stereocenters. The summed E-state index contributed by atoms with van der Waals surface area (Å²) in [4.78, 5) is 185. The Balaban J connectivity index is 0.824. The van der Waals surface area contributed by atoms with Crippen molar-refractivity contribution >= 4 is 60.3 Å². The Bertz CT molecular complexity index is 2890. The average molecular weight is 1000 g/mol. The summed E-state index contributed by atoms with van der Waals surface area (Å²) in [5, 5.41) is 14.0. The van der Waals surface area contributed by atoms with Crippen molar-refractivity contribution in [3.63, 3.8) is 0 Å². The molecule has 0 radical (unpaired) electrons. The van der Waals surface area contributed by atoms with Gasteiger partial charge in [0, 0.05) is 0 Å². The van der Waals surface area contributed by atoms with Crippen LogP contribution in [0.25, 0.3) is 0 Å². The summed E-state index contributed by atoms with van der Waals surface area (Å²) in [7, 11) is 0. The number of quaternary nitrogens is 2. The molecule has 0 saturated carbocycles. The fourth-order valence-corrected chi connectivity index (χ4v) is 17.4. The molecule has 18 rings (SSSR count). The highest BCUT2D eigenvalue weighted by molar-refractivity contribution is 5.91. The highest BCUT2D eigenvalue weighted by atomic mass is 16.3. The molecule has 18 fully saturated rings. The molecule has 2 spiro atoms. The SMILES string of the molecule is O=C1N2CN3C(=O)N4CN5C(=O)N6CN7C(=O)N8C[N@@+]9%10CN%11CN(CN%12C(=O)N(CN%13C(=O)N(CN%14CN%15CN%16C(=O)N%17C[N@@+](CN%18C(=O)N(CN1C%15C%142)C%16C%17%18)(C9=O)C1C%10NC(=O)N1CO)C3C%134)C5C%126)C7C%118. The van der Waals surface area contributed by atoms with Gasteiger partial charge in [-0.1, -0.05) is 0 Å². The molecule has 18 aliphatic heterocycles. The third kappa shape index (κ3) is 3.58. The van der Waals surface area contributed by atoms with Gasteiger partial charge in [0.15, 0.2) is 63.7 Å². The molecule has 35 nitrogen and oxygen atoms in total. The molecule has 18 saturated heterocycles. The summed E-state index contributed by atoms with van der Waals surface area (Å²) in [6.45, 7) is -3.11. The van der Waals surface area contributed by atoms with E-state index in [1.807, 2.05) is 19.6 Å². The van der Waals surface area contributed by atoms with Crippen LogP contribution in [0.5, 0.6) is 0 Å². The molecule has 35 heteroatoms. The minimum Gasteiger partial charge on any atom is -0.376 e. The van der Waals surface area contributed by atoms with E-state index in [0.29, 0.717) is 0 Å². The van der Waals surface area contributed by atoms with Crippen LogP contribution >= 0.6 is 0 Å². The molecule has 0 aliphatic carbocycles. The van der Waals surface area contributed by atoms with Crippen molar-refractivity contribution in [1.82, 2.24) is 108 Å². The fourth-order valence-electron chi connectivity index (χ4n) is 17.4. The van der Waals surface area contributed by atoms with E-state index in [2.05, 4.69) is 5.32 Å². The van der Waals surface area contributed by atoms with Crippen molar-refractivity contribution in [2.45, 2.75) is 74.0 Å². The number of aliphatic hydroxyl groups is 1. The van der Waals surface area contributed by atoms with Crippen LogP contribution in [0, 0.1) is 0 Å². The van der Waals surface area contributed by atoms with Gasteiger partial charge in [0.2, 0.25) is 0 Å². The van der Waals surface area contributed by atoms with Crippen LogP contribution in [-0.2, 0) is 0 Å². The summed E-state index contributed by atoms with van der Waals surface area (Å²) in [5.41, 5.74) is 0. The Morgan fingerprint density at radius 2 is 0.639 bits per heavy atom. The van der Waals surface area contributed by atoms with Gasteiger partial charge in [-0.2, -0.15) is 9.28 Å². The van der Waals surface area contributed by atoms with Gasteiger partial charge in [0.05, 0.1) is 33.3 Å². The number of nitrogens with zero attached hydrogens (tertiary/aromatic N) is 23. The lowest BCUT2D eigenvalue weighted by Gasteiger charge is -2.48. The largest absolute Gasteiger partial charge is 0.523 e. The fraction of sp³-hybridized carbons (Fsp3) is 0.730. The van der Waals surface area contributed by atoms with Crippen LogP contribution in [0.15, 0.2) is 0 Å².